The van der Waals surface area contributed by atoms with Crippen LogP contribution < -0.4 is 16.8 Å². The lowest BCUT2D eigenvalue weighted by Gasteiger charge is -2.16. The largest absolute Gasteiger partial charge is 0.366 e. The fraction of sp³-hybridized carbons (Fsp3) is 0.106. The molecule has 0 fully saturated rings. The molecule has 0 aliphatic heterocycles. The molecule has 0 aliphatic rings. The number of aromatic nitrogens is 2. The maximum atomic E-state index is 6.02. The zero-order valence-corrected chi connectivity index (χ0v) is 30.3. The van der Waals surface area contributed by atoms with Crippen LogP contribution in [-0.4, -0.2) is 22.7 Å². The van der Waals surface area contributed by atoms with Gasteiger partial charge in [0, 0.05) is 49.3 Å². The predicted molar refractivity (Wildman–Crippen MR) is 230 cm³/mol. The molecule has 0 aliphatic carbocycles. The number of nitrogens with one attached hydrogen (secondary N) is 3. The maximum Gasteiger partial charge on any atom is 0.101 e. The third-order valence-electron chi connectivity index (χ3n) is 8.13. The summed E-state index contributed by atoms with van der Waals surface area (Å²) in [7, 11) is 0. The van der Waals surface area contributed by atoms with Gasteiger partial charge in [0.2, 0.25) is 0 Å². The number of allylic oxidation sites excluding steroid dienone is 8. The molecule has 2 heterocycles. The van der Waals surface area contributed by atoms with Crippen LogP contribution in [0, 0.1) is 0 Å². The number of hydrogen-bond acceptors (Lipinski definition) is 3. The number of fused-ring (bicyclic) bond motifs is 6. The van der Waals surface area contributed by atoms with Gasteiger partial charge in [0.1, 0.15) is 6.17 Å². The van der Waals surface area contributed by atoms with Gasteiger partial charge in [-0.25, -0.2) is 0 Å². The van der Waals surface area contributed by atoms with Crippen LogP contribution in [-0.2, 0) is 6.42 Å². The van der Waals surface area contributed by atoms with Crippen molar-refractivity contribution in [2.45, 2.75) is 26.4 Å². The molecule has 0 saturated heterocycles. The van der Waals surface area contributed by atoms with Crippen LogP contribution in [0.15, 0.2) is 195 Å². The van der Waals surface area contributed by atoms with E-state index in [-0.39, 0.29) is 6.17 Å². The molecule has 5 aromatic carbocycles. The smallest absolute Gasteiger partial charge is 0.101 e. The van der Waals surface area contributed by atoms with Gasteiger partial charge >= 0.3 is 0 Å². The van der Waals surface area contributed by atoms with E-state index in [0.29, 0.717) is 0 Å². The second kappa shape index (κ2) is 21.2. The van der Waals surface area contributed by atoms with E-state index < -0.39 is 0 Å². The minimum absolute atomic E-state index is 0.240. The van der Waals surface area contributed by atoms with Crippen molar-refractivity contribution in [2.24, 2.45) is 11.5 Å². The Morgan fingerprint density at radius 3 is 1.69 bits per heavy atom. The standard InChI is InChI=1S/C18H12N2.C14H18N2.C8H11N.C7H10/c1-3-7-15-11(5-1)13-9-14-12-6-2-4-8-16(12)20-18(14)10-17(13)19-15;1-3-5-9-12(4-2)14(15)16-13-10-7-6-8-11-13;9-7-6-8-4-2-1-3-5-8;1-3-5-7-6-4-2/h1-10,19-20H;3-11,14,16H,2,15H2,1H3;1-5H,6-7,9H2;3-7H,1H2,2H3/b;5-3-,12-9+;;6-4-,7-5-. The van der Waals surface area contributed by atoms with E-state index in [1.165, 1.54) is 49.2 Å². The van der Waals surface area contributed by atoms with E-state index >= 15 is 0 Å². The lowest BCUT2D eigenvalue weighted by molar-refractivity contribution is 0.902. The fourth-order valence-corrected chi connectivity index (χ4v) is 5.56. The van der Waals surface area contributed by atoms with E-state index in [2.05, 4.69) is 101 Å². The van der Waals surface area contributed by atoms with Crippen LogP contribution in [0.4, 0.5) is 5.69 Å². The molecule has 7 N–H and O–H groups in total. The number of hydrogen-bond donors (Lipinski definition) is 5. The second-order valence-corrected chi connectivity index (χ2v) is 11.8. The Morgan fingerprint density at radius 2 is 1.17 bits per heavy atom. The maximum absolute atomic E-state index is 6.02. The highest BCUT2D eigenvalue weighted by molar-refractivity contribution is 6.17. The number of para-hydroxylation sites is 3. The van der Waals surface area contributed by atoms with Crippen LogP contribution in [0.25, 0.3) is 43.6 Å². The minimum Gasteiger partial charge on any atom is -0.366 e. The van der Waals surface area contributed by atoms with Crippen molar-refractivity contribution < 1.29 is 0 Å². The number of H-pyrrole nitrogens is 2. The average molecular weight is 686 g/mol. The normalized spacial score (nSPS) is 12.0. The van der Waals surface area contributed by atoms with E-state index in [1.807, 2.05) is 105 Å². The number of rotatable bonds is 9. The Morgan fingerprint density at radius 1 is 0.635 bits per heavy atom. The molecule has 7 rings (SSSR count). The fourth-order valence-electron chi connectivity index (χ4n) is 5.56. The average Bonchev–Trinajstić information content (AvgIpc) is 3.73. The van der Waals surface area contributed by atoms with Gasteiger partial charge in [-0.2, -0.15) is 0 Å². The zero-order chi connectivity index (χ0) is 37.0. The van der Waals surface area contributed by atoms with Crippen molar-refractivity contribution in [1.29, 1.82) is 0 Å². The highest BCUT2D eigenvalue weighted by Crippen LogP contribution is 2.32. The topological polar surface area (TPSA) is 95.6 Å². The first-order chi connectivity index (χ1) is 25.5. The van der Waals surface area contributed by atoms with Gasteiger partial charge in [-0.1, -0.05) is 153 Å². The Hall–Kier alpha value is -6.14. The first-order valence-electron chi connectivity index (χ1n) is 17.6. The van der Waals surface area contributed by atoms with Crippen molar-refractivity contribution in [3.05, 3.63) is 200 Å². The van der Waals surface area contributed by atoms with E-state index in [4.69, 9.17) is 11.5 Å². The molecule has 5 heteroatoms. The number of anilines is 1. The molecule has 1 unspecified atom stereocenters. The molecular weight excluding hydrogens is 635 g/mol. The van der Waals surface area contributed by atoms with Crippen LogP contribution in [0.5, 0.6) is 0 Å². The van der Waals surface area contributed by atoms with Gasteiger partial charge in [-0.3, -0.25) is 0 Å². The molecular formula is C47H51N5. The van der Waals surface area contributed by atoms with Gasteiger partial charge in [0.25, 0.3) is 0 Å². The van der Waals surface area contributed by atoms with Crippen LogP contribution >= 0.6 is 0 Å². The van der Waals surface area contributed by atoms with Crippen molar-refractivity contribution in [2.75, 3.05) is 11.9 Å². The summed E-state index contributed by atoms with van der Waals surface area (Å²) in [6.45, 7) is 12.0. The molecule has 2 aromatic heterocycles. The van der Waals surface area contributed by atoms with Crippen molar-refractivity contribution >= 4 is 49.3 Å². The van der Waals surface area contributed by atoms with Crippen molar-refractivity contribution in [3.63, 3.8) is 0 Å². The van der Waals surface area contributed by atoms with Gasteiger partial charge in [0.15, 0.2) is 0 Å². The van der Waals surface area contributed by atoms with Crippen LogP contribution in [0.3, 0.4) is 0 Å². The van der Waals surface area contributed by atoms with Crippen molar-refractivity contribution in [3.8, 4) is 0 Å². The Labute approximate surface area is 308 Å². The molecule has 1 atom stereocenters. The first kappa shape index (κ1) is 38.7. The van der Waals surface area contributed by atoms with E-state index in [1.54, 1.807) is 12.2 Å². The molecule has 5 nitrogen and oxygen atoms in total. The Kier molecular flexibility index (Phi) is 15.7. The van der Waals surface area contributed by atoms with Crippen LogP contribution in [0.1, 0.15) is 19.4 Å². The summed E-state index contributed by atoms with van der Waals surface area (Å²) in [5, 5.41) is 8.36. The molecule has 0 spiro atoms. The minimum atomic E-state index is -0.240. The lowest BCUT2D eigenvalue weighted by atomic mass is 10.1. The quantitative estimate of drug-likeness (QED) is 0.0773. The first-order valence-corrected chi connectivity index (χ1v) is 17.6. The van der Waals surface area contributed by atoms with E-state index in [0.717, 1.165) is 24.2 Å². The lowest BCUT2D eigenvalue weighted by Crippen LogP contribution is -2.30. The highest BCUT2D eigenvalue weighted by Gasteiger charge is 2.09. The number of nitrogens with two attached hydrogens (primary N) is 2. The monoisotopic (exact) mass is 685 g/mol. The van der Waals surface area contributed by atoms with Crippen molar-refractivity contribution in [1.82, 2.24) is 9.97 Å². The molecule has 0 saturated carbocycles. The SMILES string of the molecule is C=C/C(=C\C=C/C)C(N)Nc1ccccc1.C=C/C=C\C=C/C.NCCc1ccccc1.c1ccc2c(c1)[nH]c1cc3[nH]c4ccccc4c3cc12. The zero-order valence-electron chi connectivity index (χ0n) is 30.3. The summed E-state index contributed by atoms with van der Waals surface area (Å²) < 4.78 is 0. The summed E-state index contributed by atoms with van der Waals surface area (Å²) in [5.74, 6) is 0. The van der Waals surface area contributed by atoms with Gasteiger partial charge in [0.05, 0.1) is 0 Å². The summed E-state index contributed by atoms with van der Waals surface area (Å²) >= 11 is 0. The molecule has 264 valence electrons. The van der Waals surface area contributed by atoms with Gasteiger partial charge in [-0.15, -0.1) is 0 Å². The Balaban J connectivity index is 0.000000169. The van der Waals surface area contributed by atoms with E-state index in [9.17, 15) is 0 Å². The second-order valence-electron chi connectivity index (χ2n) is 11.8. The molecule has 7 aromatic rings. The van der Waals surface area contributed by atoms with Gasteiger partial charge < -0.3 is 26.8 Å². The summed E-state index contributed by atoms with van der Waals surface area (Å²) in [4.78, 5) is 6.99. The number of aromatic amines is 2. The molecule has 52 heavy (non-hydrogen) atoms. The molecule has 0 bridgehead atoms. The summed E-state index contributed by atoms with van der Waals surface area (Å²) in [5.41, 5.74) is 19.4. The Bertz CT molecular complexity index is 2160. The van der Waals surface area contributed by atoms with Crippen LogP contribution in [0.2, 0.25) is 0 Å². The molecule has 0 radical (unpaired) electrons. The third-order valence-corrected chi connectivity index (χ3v) is 8.13. The number of benzene rings is 5. The predicted octanol–water partition coefficient (Wildman–Crippen LogP) is 11.5. The molecule has 0 amide bonds. The highest BCUT2D eigenvalue weighted by atomic mass is 15.0. The third kappa shape index (κ3) is 11.2. The van der Waals surface area contributed by atoms with Gasteiger partial charge in [-0.05, 0) is 74.3 Å². The summed E-state index contributed by atoms with van der Waals surface area (Å²) in [6, 6.07) is 41.6. The summed E-state index contributed by atoms with van der Waals surface area (Å²) in [6.07, 6.45) is 17.9.